The van der Waals surface area contributed by atoms with E-state index in [2.05, 4.69) is 21.2 Å². The predicted molar refractivity (Wildman–Crippen MR) is 93.5 cm³/mol. The van der Waals surface area contributed by atoms with E-state index in [1.165, 1.54) is 5.38 Å². The van der Waals surface area contributed by atoms with E-state index in [1.807, 2.05) is 13.0 Å². The van der Waals surface area contributed by atoms with E-state index < -0.39 is 28.5 Å². The van der Waals surface area contributed by atoms with Gasteiger partial charge in [-0.05, 0) is 36.8 Å². The molecule has 1 amide bonds. The number of nitrogens with one attached hydrogen (secondary N) is 1. The molecule has 128 valence electrons. The molecule has 0 bridgehead atoms. The van der Waals surface area contributed by atoms with Crippen LogP contribution in [0.15, 0.2) is 38.3 Å². The van der Waals surface area contributed by atoms with Crippen molar-refractivity contribution in [2.45, 2.75) is 11.1 Å². The number of anilines is 1. The molecular weight excluding hydrogens is 420 g/mol. The molecule has 0 unspecified atom stereocenters. The van der Waals surface area contributed by atoms with Crippen LogP contribution in [0.4, 0.5) is 5.69 Å². The van der Waals surface area contributed by atoms with Crippen LogP contribution in [0.3, 0.4) is 0 Å². The van der Waals surface area contributed by atoms with E-state index in [9.17, 15) is 18.0 Å². The van der Waals surface area contributed by atoms with Crippen LogP contribution in [-0.2, 0) is 19.6 Å². The molecule has 3 N–H and O–H groups in total. The molecule has 0 aliphatic carbocycles. The average molecular weight is 433 g/mol. The van der Waals surface area contributed by atoms with Crippen LogP contribution in [0.25, 0.3) is 0 Å². The third-order valence-corrected chi connectivity index (χ3v) is 5.77. The molecule has 24 heavy (non-hydrogen) atoms. The van der Waals surface area contributed by atoms with Gasteiger partial charge in [0.15, 0.2) is 6.61 Å². The van der Waals surface area contributed by atoms with Crippen LogP contribution >= 0.6 is 27.3 Å². The molecule has 0 atom stereocenters. The minimum atomic E-state index is -3.87. The number of aryl methyl sites for hydroxylation is 1. The molecule has 10 heteroatoms. The number of thiophene rings is 1. The van der Waals surface area contributed by atoms with Crippen molar-refractivity contribution in [1.82, 2.24) is 0 Å². The fourth-order valence-corrected chi connectivity index (χ4v) is 3.79. The Bertz CT molecular complexity index is 892. The summed E-state index contributed by atoms with van der Waals surface area (Å²) < 4.78 is 27.9. The first kappa shape index (κ1) is 18.6. The van der Waals surface area contributed by atoms with Gasteiger partial charge in [0.2, 0.25) is 10.0 Å². The molecule has 0 saturated heterocycles. The standard InChI is InChI=1S/C14H13BrN2O5S2/c1-8-4-10(15)2-3-11(8)17-12(18)6-22-14(19)9-5-13(23-7-9)24(16,20)21/h2-5,7H,6H2,1H3,(H,17,18)(H2,16,20,21). The molecular formula is C14H13BrN2O5S2. The summed E-state index contributed by atoms with van der Waals surface area (Å²) in [7, 11) is -3.87. The second kappa shape index (κ2) is 7.43. The summed E-state index contributed by atoms with van der Waals surface area (Å²) in [5, 5.41) is 8.89. The van der Waals surface area contributed by atoms with Crippen LogP contribution in [-0.4, -0.2) is 26.9 Å². The van der Waals surface area contributed by atoms with Crippen molar-refractivity contribution >= 4 is 54.9 Å². The van der Waals surface area contributed by atoms with Crippen molar-refractivity contribution in [3.8, 4) is 0 Å². The lowest BCUT2D eigenvalue weighted by molar-refractivity contribution is -0.119. The normalized spacial score (nSPS) is 11.1. The van der Waals surface area contributed by atoms with Gasteiger partial charge in [-0.3, -0.25) is 4.79 Å². The number of primary sulfonamides is 1. The second-order valence-electron chi connectivity index (χ2n) is 4.78. The highest BCUT2D eigenvalue weighted by molar-refractivity contribution is 9.10. The number of amides is 1. The van der Waals surface area contributed by atoms with Gasteiger partial charge in [0, 0.05) is 15.5 Å². The van der Waals surface area contributed by atoms with Gasteiger partial charge in [0.05, 0.1) is 5.56 Å². The Labute approximate surface area is 151 Å². The Kier molecular flexibility index (Phi) is 5.75. The fraction of sp³-hybridized carbons (Fsp3) is 0.143. The molecule has 2 rings (SSSR count). The van der Waals surface area contributed by atoms with Crippen LogP contribution in [0.1, 0.15) is 15.9 Å². The van der Waals surface area contributed by atoms with E-state index in [1.54, 1.807) is 12.1 Å². The van der Waals surface area contributed by atoms with E-state index in [-0.39, 0.29) is 9.77 Å². The van der Waals surface area contributed by atoms with Gasteiger partial charge in [-0.25, -0.2) is 18.4 Å². The predicted octanol–water partition coefficient (Wildman–Crippen LogP) is 2.26. The number of hydrogen-bond donors (Lipinski definition) is 2. The molecule has 2 aromatic rings. The quantitative estimate of drug-likeness (QED) is 0.702. The Balaban J connectivity index is 1.94. The first-order chi connectivity index (χ1) is 11.2. The summed E-state index contributed by atoms with van der Waals surface area (Å²) >= 11 is 4.13. The number of sulfonamides is 1. The summed E-state index contributed by atoms with van der Waals surface area (Å²) in [6.07, 6.45) is 0. The number of hydrogen-bond acceptors (Lipinski definition) is 6. The lowest BCUT2D eigenvalue weighted by atomic mass is 10.2. The van der Waals surface area contributed by atoms with Crippen LogP contribution < -0.4 is 10.5 Å². The zero-order valence-electron chi connectivity index (χ0n) is 12.4. The number of benzene rings is 1. The lowest BCUT2D eigenvalue weighted by Crippen LogP contribution is -2.21. The van der Waals surface area contributed by atoms with Crippen molar-refractivity contribution in [3.63, 3.8) is 0 Å². The average Bonchev–Trinajstić information content (AvgIpc) is 2.98. The van der Waals surface area contributed by atoms with Gasteiger partial charge in [-0.2, -0.15) is 0 Å². The molecule has 7 nitrogen and oxygen atoms in total. The minimum absolute atomic E-state index is 0.0247. The number of esters is 1. The minimum Gasteiger partial charge on any atom is -0.452 e. The highest BCUT2D eigenvalue weighted by atomic mass is 79.9. The summed E-state index contributed by atoms with van der Waals surface area (Å²) in [5.41, 5.74) is 1.47. The Hall–Kier alpha value is -1.75. The maximum absolute atomic E-state index is 11.8. The monoisotopic (exact) mass is 432 g/mol. The third-order valence-electron chi connectivity index (χ3n) is 2.89. The fourth-order valence-electron chi connectivity index (χ4n) is 1.74. The molecule has 1 heterocycles. The smallest absolute Gasteiger partial charge is 0.339 e. The number of rotatable bonds is 5. The van der Waals surface area contributed by atoms with E-state index in [0.717, 1.165) is 27.4 Å². The van der Waals surface area contributed by atoms with Crippen molar-refractivity contribution in [3.05, 3.63) is 45.2 Å². The number of carbonyl (C=O) groups is 2. The highest BCUT2D eigenvalue weighted by Crippen LogP contribution is 2.21. The van der Waals surface area contributed by atoms with Crippen molar-refractivity contribution in [1.29, 1.82) is 0 Å². The lowest BCUT2D eigenvalue weighted by Gasteiger charge is -2.09. The number of halogens is 1. The zero-order valence-corrected chi connectivity index (χ0v) is 15.6. The molecule has 0 fully saturated rings. The van der Waals surface area contributed by atoms with E-state index in [0.29, 0.717) is 5.69 Å². The largest absolute Gasteiger partial charge is 0.452 e. The van der Waals surface area contributed by atoms with Gasteiger partial charge in [0.25, 0.3) is 5.91 Å². The van der Waals surface area contributed by atoms with Crippen LogP contribution in [0, 0.1) is 6.92 Å². The number of ether oxygens (including phenoxy) is 1. The summed E-state index contributed by atoms with van der Waals surface area (Å²) in [6, 6.07) is 6.44. The maximum atomic E-state index is 11.8. The molecule has 0 aliphatic heterocycles. The second-order valence-corrected chi connectivity index (χ2v) is 8.40. The summed E-state index contributed by atoms with van der Waals surface area (Å²) in [6.45, 7) is 1.33. The van der Waals surface area contributed by atoms with Gasteiger partial charge in [-0.15, -0.1) is 11.3 Å². The molecule has 0 radical (unpaired) electrons. The van der Waals surface area contributed by atoms with Gasteiger partial charge >= 0.3 is 5.97 Å². The summed E-state index contributed by atoms with van der Waals surface area (Å²) in [4.78, 5) is 23.7. The topological polar surface area (TPSA) is 116 Å². The van der Waals surface area contributed by atoms with Gasteiger partial charge in [-0.1, -0.05) is 15.9 Å². The van der Waals surface area contributed by atoms with Crippen molar-refractivity contribution in [2.75, 3.05) is 11.9 Å². The Morgan fingerprint density at radius 3 is 2.62 bits per heavy atom. The number of carbonyl (C=O) groups excluding carboxylic acids is 2. The van der Waals surface area contributed by atoms with E-state index >= 15 is 0 Å². The number of nitrogens with two attached hydrogens (primary N) is 1. The Morgan fingerprint density at radius 2 is 2.04 bits per heavy atom. The summed E-state index contributed by atoms with van der Waals surface area (Å²) in [5.74, 6) is -1.31. The zero-order chi connectivity index (χ0) is 17.9. The highest BCUT2D eigenvalue weighted by Gasteiger charge is 2.17. The van der Waals surface area contributed by atoms with Gasteiger partial charge < -0.3 is 10.1 Å². The first-order valence-corrected chi connectivity index (χ1v) is 9.73. The maximum Gasteiger partial charge on any atom is 0.339 e. The molecule has 1 aromatic heterocycles. The Morgan fingerprint density at radius 1 is 1.33 bits per heavy atom. The molecule has 0 spiro atoms. The first-order valence-electron chi connectivity index (χ1n) is 6.51. The van der Waals surface area contributed by atoms with Gasteiger partial charge in [0.1, 0.15) is 4.21 Å². The molecule has 0 aliphatic rings. The third kappa shape index (κ3) is 4.87. The van der Waals surface area contributed by atoms with Crippen molar-refractivity contribution < 1.29 is 22.7 Å². The molecule has 0 saturated carbocycles. The SMILES string of the molecule is Cc1cc(Br)ccc1NC(=O)COC(=O)c1csc(S(N)(=O)=O)c1. The van der Waals surface area contributed by atoms with Crippen LogP contribution in [0.2, 0.25) is 0 Å². The van der Waals surface area contributed by atoms with E-state index in [4.69, 9.17) is 9.88 Å². The van der Waals surface area contributed by atoms with Crippen LogP contribution in [0.5, 0.6) is 0 Å². The molecule has 1 aromatic carbocycles. The van der Waals surface area contributed by atoms with Crippen molar-refractivity contribution in [2.24, 2.45) is 5.14 Å².